The van der Waals surface area contributed by atoms with E-state index in [1.807, 2.05) is 0 Å². The van der Waals surface area contributed by atoms with Crippen LogP contribution in [-0.4, -0.2) is 44.7 Å². The fraction of sp³-hybridized carbons (Fsp3) is 0.385. The summed E-state index contributed by atoms with van der Waals surface area (Å²) >= 11 is 0. The minimum atomic E-state index is -3.96. The number of nitrogens with zero attached hydrogens (tertiary/aromatic N) is 1. The SMILES string of the molecule is COc1ccc(S(=O)(=O)N(CCC(N)=O)CCC(N)=O)cc1N. The van der Waals surface area contributed by atoms with Gasteiger partial charge >= 0.3 is 0 Å². The molecule has 1 aromatic carbocycles. The number of hydrogen-bond donors (Lipinski definition) is 3. The third kappa shape index (κ3) is 5.11. The first-order valence-corrected chi connectivity index (χ1v) is 8.12. The van der Waals surface area contributed by atoms with Crippen LogP contribution in [0.2, 0.25) is 0 Å². The lowest BCUT2D eigenvalue weighted by molar-refractivity contribution is -0.118. The van der Waals surface area contributed by atoms with Crippen molar-refractivity contribution in [3.05, 3.63) is 18.2 Å². The third-order valence-corrected chi connectivity index (χ3v) is 4.95. The van der Waals surface area contributed by atoms with Gasteiger partial charge in [0.15, 0.2) is 0 Å². The smallest absolute Gasteiger partial charge is 0.243 e. The highest BCUT2D eigenvalue weighted by Crippen LogP contribution is 2.26. The molecule has 1 rings (SSSR count). The molecule has 0 spiro atoms. The Hall–Kier alpha value is -2.33. The van der Waals surface area contributed by atoms with Crippen molar-refractivity contribution in [2.45, 2.75) is 17.7 Å². The molecule has 0 fully saturated rings. The predicted octanol–water partition coefficient (Wildman–Crippen LogP) is -0.981. The zero-order valence-corrected chi connectivity index (χ0v) is 13.5. The van der Waals surface area contributed by atoms with E-state index < -0.39 is 21.8 Å². The molecule has 0 heterocycles. The van der Waals surface area contributed by atoms with Crippen LogP contribution in [0.25, 0.3) is 0 Å². The number of methoxy groups -OCH3 is 1. The molecule has 0 aliphatic heterocycles. The number of ether oxygens (including phenoxy) is 1. The fourth-order valence-corrected chi connectivity index (χ4v) is 3.32. The maximum atomic E-state index is 12.6. The van der Waals surface area contributed by atoms with Crippen molar-refractivity contribution in [2.75, 3.05) is 25.9 Å². The van der Waals surface area contributed by atoms with Crippen LogP contribution in [0.3, 0.4) is 0 Å². The summed E-state index contributed by atoms with van der Waals surface area (Å²) in [5, 5.41) is 0. The van der Waals surface area contributed by atoms with Gasteiger partial charge in [0.1, 0.15) is 5.75 Å². The summed E-state index contributed by atoms with van der Waals surface area (Å²) in [5.74, 6) is -0.971. The Balaban J connectivity index is 3.11. The Morgan fingerprint density at radius 1 is 1.13 bits per heavy atom. The van der Waals surface area contributed by atoms with Crippen molar-refractivity contribution < 1.29 is 22.7 Å². The van der Waals surface area contributed by atoms with Gasteiger partial charge in [-0.2, -0.15) is 4.31 Å². The molecule has 6 N–H and O–H groups in total. The van der Waals surface area contributed by atoms with Crippen LogP contribution in [-0.2, 0) is 19.6 Å². The number of sulfonamides is 1. The topological polar surface area (TPSA) is 159 Å². The Morgan fingerprint density at radius 3 is 2.04 bits per heavy atom. The van der Waals surface area contributed by atoms with Gasteiger partial charge in [0.25, 0.3) is 0 Å². The normalized spacial score (nSPS) is 11.4. The molecule has 23 heavy (non-hydrogen) atoms. The highest BCUT2D eigenvalue weighted by Gasteiger charge is 2.25. The zero-order chi connectivity index (χ0) is 17.6. The van der Waals surface area contributed by atoms with E-state index in [0.717, 1.165) is 4.31 Å². The molecular weight excluding hydrogens is 324 g/mol. The maximum Gasteiger partial charge on any atom is 0.243 e. The van der Waals surface area contributed by atoms with Crippen molar-refractivity contribution in [1.82, 2.24) is 4.31 Å². The van der Waals surface area contributed by atoms with Crippen LogP contribution in [0.15, 0.2) is 23.1 Å². The lowest BCUT2D eigenvalue weighted by atomic mass is 10.3. The summed E-state index contributed by atoms with van der Waals surface area (Å²) in [6.07, 6.45) is -0.354. The number of nitrogens with two attached hydrogens (primary N) is 3. The molecule has 128 valence electrons. The Kier molecular flexibility index (Phi) is 6.34. The van der Waals surface area contributed by atoms with Crippen LogP contribution in [0.5, 0.6) is 5.75 Å². The van der Waals surface area contributed by atoms with Crippen LogP contribution in [0.4, 0.5) is 5.69 Å². The molecule has 0 bridgehead atoms. The van der Waals surface area contributed by atoms with Gasteiger partial charge in [-0.15, -0.1) is 0 Å². The van der Waals surface area contributed by atoms with E-state index in [9.17, 15) is 18.0 Å². The number of amides is 2. The molecular formula is C13H20N4O5S. The quantitative estimate of drug-likeness (QED) is 0.488. The number of carbonyl (C=O) groups excluding carboxylic acids is 2. The molecule has 0 saturated carbocycles. The van der Waals surface area contributed by atoms with E-state index in [1.54, 1.807) is 0 Å². The number of anilines is 1. The highest BCUT2D eigenvalue weighted by atomic mass is 32.2. The molecule has 2 amide bonds. The minimum absolute atomic E-state index is 0.0789. The highest BCUT2D eigenvalue weighted by molar-refractivity contribution is 7.89. The average Bonchev–Trinajstić information content (AvgIpc) is 2.46. The first-order chi connectivity index (χ1) is 10.7. The molecule has 0 unspecified atom stereocenters. The van der Waals surface area contributed by atoms with E-state index in [-0.39, 0.29) is 36.5 Å². The summed E-state index contributed by atoms with van der Waals surface area (Å²) in [7, 11) is -2.55. The molecule has 9 nitrogen and oxygen atoms in total. The summed E-state index contributed by atoms with van der Waals surface area (Å²) in [4.78, 5) is 21.8. The predicted molar refractivity (Wildman–Crippen MR) is 83.8 cm³/mol. The molecule has 0 aromatic heterocycles. The lowest BCUT2D eigenvalue weighted by Crippen LogP contribution is -2.36. The second kappa shape index (κ2) is 7.79. The Bertz CT molecular complexity index is 672. The van der Waals surface area contributed by atoms with Gasteiger partial charge < -0.3 is 21.9 Å². The molecule has 0 aliphatic rings. The second-order valence-electron chi connectivity index (χ2n) is 4.74. The van der Waals surface area contributed by atoms with Crippen molar-refractivity contribution in [3.8, 4) is 5.75 Å². The van der Waals surface area contributed by atoms with Gasteiger partial charge in [0.05, 0.1) is 17.7 Å². The van der Waals surface area contributed by atoms with Crippen LogP contribution < -0.4 is 21.9 Å². The van der Waals surface area contributed by atoms with E-state index in [2.05, 4.69) is 0 Å². The van der Waals surface area contributed by atoms with Crippen molar-refractivity contribution in [2.24, 2.45) is 11.5 Å². The molecule has 0 saturated heterocycles. The van der Waals surface area contributed by atoms with Gasteiger partial charge in [-0.1, -0.05) is 0 Å². The third-order valence-electron chi connectivity index (χ3n) is 3.05. The Labute approximate surface area is 134 Å². The van der Waals surface area contributed by atoms with Gasteiger partial charge in [-0.25, -0.2) is 8.42 Å². The van der Waals surface area contributed by atoms with Crippen LogP contribution in [0, 0.1) is 0 Å². The number of hydrogen-bond acceptors (Lipinski definition) is 6. The first kappa shape index (κ1) is 18.7. The molecule has 1 aromatic rings. The average molecular weight is 344 g/mol. The molecule has 0 aliphatic carbocycles. The first-order valence-electron chi connectivity index (χ1n) is 6.68. The summed E-state index contributed by atoms with van der Waals surface area (Å²) in [5.41, 5.74) is 16.0. The number of carbonyl (C=O) groups is 2. The zero-order valence-electron chi connectivity index (χ0n) is 12.7. The number of nitrogen functional groups attached to an aromatic ring is 1. The second-order valence-corrected chi connectivity index (χ2v) is 6.68. The number of primary amides is 2. The molecule has 0 atom stereocenters. The monoisotopic (exact) mass is 344 g/mol. The molecule has 0 radical (unpaired) electrons. The van der Waals surface area contributed by atoms with E-state index in [0.29, 0.717) is 5.75 Å². The van der Waals surface area contributed by atoms with Crippen molar-refractivity contribution in [3.63, 3.8) is 0 Å². The standard InChI is InChI=1S/C13H20N4O5S/c1-22-11-3-2-9(8-10(11)14)23(20,21)17(6-4-12(15)18)7-5-13(16)19/h2-3,8H,4-7,14H2,1H3,(H2,15,18)(H2,16,19). The van der Waals surface area contributed by atoms with Crippen LogP contribution >= 0.6 is 0 Å². The Morgan fingerprint density at radius 2 is 1.65 bits per heavy atom. The minimum Gasteiger partial charge on any atom is -0.495 e. The fourth-order valence-electron chi connectivity index (χ4n) is 1.84. The number of rotatable bonds is 9. The van der Waals surface area contributed by atoms with Gasteiger partial charge in [-0.05, 0) is 18.2 Å². The lowest BCUT2D eigenvalue weighted by Gasteiger charge is -2.21. The summed E-state index contributed by atoms with van der Waals surface area (Å²) in [6, 6.07) is 3.99. The van der Waals surface area contributed by atoms with Crippen LogP contribution in [0.1, 0.15) is 12.8 Å². The molecule has 10 heteroatoms. The van der Waals surface area contributed by atoms with Gasteiger partial charge in [-0.3, -0.25) is 9.59 Å². The largest absolute Gasteiger partial charge is 0.495 e. The summed E-state index contributed by atoms with van der Waals surface area (Å²) in [6.45, 7) is -0.312. The van der Waals surface area contributed by atoms with Crippen molar-refractivity contribution in [1.29, 1.82) is 0 Å². The van der Waals surface area contributed by atoms with E-state index in [1.165, 1.54) is 25.3 Å². The maximum absolute atomic E-state index is 12.6. The van der Waals surface area contributed by atoms with E-state index >= 15 is 0 Å². The van der Waals surface area contributed by atoms with E-state index in [4.69, 9.17) is 21.9 Å². The summed E-state index contributed by atoms with van der Waals surface area (Å²) < 4.78 is 31.2. The van der Waals surface area contributed by atoms with Gasteiger partial charge in [0.2, 0.25) is 21.8 Å². The van der Waals surface area contributed by atoms with Crippen molar-refractivity contribution >= 4 is 27.5 Å². The van der Waals surface area contributed by atoms with Gasteiger partial charge in [0, 0.05) is 25.9 Å². The number of benzene rings is 1.